The van der Waals surface area contributed by atoms with Crippen LogP contribution in [0.4, 0.5) is 4.79 Å². The molecule has 0 saturated heterocycles. The third-order valence-corrected chi connectivity index (χ3v) is 3.94. The molecular weight excluding hydrogens is 254 g/mol. The minimum Gasteiger partial charge on any atom is -0.249 e. The number of carbonyl (C=O) groups is 1. The summed E-state index contributed by atoms with van der Waals surface area (Å²) in [5.41, 5.74) is 0.554. The number of amides is 2. The highest BCUT2D eigenvalue weighted by molar-refractivity contribution is 7.88. The minimum atomic E-state index is -3.87. The van der Waals surface area contributed by atoms with Crippen LogP contribution >= 0.6 is 0 Å². The van der Waals surface area contributed by atoms with Gasteiger partial charge in [0.2, 0.25) is 0 Å². The Labute approximate surface area is 106 Å². The molecule has 0 atom stereocenters. The van der Waals surface area contributed by atoms with Crippen molar-refractivity contribution in [3.8, 4) is 0 Å². The number of aliphatic imine (C=N–C) groups is 1. The SMILES string of the molecule is CC(C)N1C(=O)N=C(c2ccccc2)NS1(=O)=O. The van der Waals surface area contributed by atoms with E-state index in [1.54, 1.807) is 44.2 Å². The Morgan fingerprint density at radius 2 is 1.83 bits per heavy atom. The molecule has 0 aromatic heterocycles. The van der Waals surface area contributed by atoms with Gasteiger partial charge in [-0.05, 0) is 13.8 Å². The second kappa shape index (κ2) is 4.41. The number of rotatable bonds is 2. The van der Waals surface area contributed by atoms with Gasteiger partial charge < -0.3 is 0 Å². The van der Waals surface area contributed by atoms with E-state index in [2.05, 4.69) is 9.71 Å². The van der Waals surface area contributed by atoms with E-state index in [0.29, 0.717) is 5.56 Å². The van der Waals surface area contributed by atoms with Crippen molar-refractivity contribution >= 4 is 22.1 Å². The van der Waals surface area contributed by atoms with Crippen LogP contribution < -0.4 is 4.72 Å². The first-order chi connectivity index (χ1) is 8.42. The lowest BCUT2D eigenvalue weighted by atomic mass is 10.2. The molecule has 0 bridgehead atoms. The van der Waals surface area contributed by atoms with Crippen molar-refractivity contribution in [1.29, 1.82) is 0 Å². The maximum Gasteiger partial charge on any atom is 0.360 e. The maximum absolute atomic E-state index is 11.9. The second-order valence-electron chi connectivity index (χ2n) is 4.11. The van der Waals surface area contributed by atoms with Gasteiger partial charge in [-0.15, -0.1) is 0 Å². The van der Waals surface area contributed by atoms with E-state index in [0.717, 1.165) is 4.31 Å². The summed E-state index contributed by atoms with van der Waals surface area (Å²) in [4.78, 5) is 15.5. The van der Waals surface area contributed by atoms with Gasteiger partial charge in [-0.25, -0.2) is 9.52 Å². The van der Waals surface area contributed by atoms with Crippen molar-refractivity contribution in [3.05, 3.63) is 35.9 Å². The molecule has 2 rings (SSSR count). The fraction of sp³-hybridized carbons (Fsp3) is 0.273. The Morgan fingerprint density at radius 3 is 2.33 bits per heavy atom. The predicted octanol–water partition coefficient (Wildman–Crippen LogP) is 1.11. The van der Waals surface area contributed by atoms with E-state index >= 15 is 0 Å². The van der Waals surface area contributed by atoms with Crippen LogP contribution in [0, 0.1) is 0 Å². The zero-order valence-electron chi connectivity index (χ0n) is 9.99. The molecular formula is C11H13N3O3S. The van der Waals surface area contributed by atoms with Gasteiger partial charge in [-0.3, -0.25) is 0 Å². The molecule has 0 fully saturated rings. The third-order valence-electron chi connectivity index (χ3n) is 2.40. The van der Waals surface area contributed by atoms with E-state index in [-0.39, 0.29) is 5.84 Å². The molecule has 0 aliphatic carbocycles. The lowest BCUT2D eigenvalue weighted by Gasteiger charge is -2.28. The maximum atomic E-state index is 11.9. The van der Waals surface area contributed by atoms with Gasteiger partial charge in [-0.1, -0.05) is 30.3 Å². The molecule has 0 spiro atoms. The van der Waals surface area contributed by atoms with E-state index in [9.17, 15) is 13.2 Å². The normalized spacial score (nSPS) is 18.5. The van der Waals surface area contributed by atoms with Gasteiger partial charge in [0.05, 0.1) is 0 Å². The van der Waals surface area contributed by atoms with Crippen LogP contribution in [0.2, 0.25) is 0 Å². The average Bonchev–Trinajstić information content (AvgIpc) is 2.27. The summed E-state index contributed by atoms with van der Waals surface area (Å²) in [5, 5.41) is 0. The van der Waals surface area contributed by atoms with Crippen LogP contribution in [0.15, 0.2) is 35.3 Å². The van der Waals surface area contributed by atoms with Crippen LogP contribution in [0.3, 0.4) is 0 Å². The van der Waals surface area contributed by atoms with E-state index in [4.69, 9.17) is 0 Å². The molecule has 1 N–H and O–H groups in total. The smallest absolute Gasteiger partial charge is 0.249 e. The Kier molecular flexibility index (Phi) is 3.08. The lowest BCUT2D eigenvalue weighted by molar-refractivity contribution is 0.224. The fourth-order valence-electron chi connectivity index (χ4n) is 1.66. The van der Waals surface area contributed by atoms with Gasteiger partial charge in [0, 0.05) is 11.6 Å². The summed E-state index contributed by atoms with van der Waals surface area (Å²) >= 11 is 0. The molecule has 0 saturated carbocycles. The van der Waals surface area contributed by atoms with Crippen LogP contribution in [-0.4, -0.2) is 30.6 Å². The molecule has 2 amide bonds. The summed E-state index contributed by atoms with van der Waals surface area (Å²) in [6.45, 7) is 3.22. The first kappa shape index (κ1) is 12.6. The molecule has 0 unspecified atom stereocenters. The Morgan fingerprint density at radius 1 is 1.22 bits per heavy atom. The fourth-order valence-corrected chi connectivity index (χ4v) is 2.97. The zero-order valence-corrected chi connectivity index (χ0v) is 10.8. The van der Waals surface area contributed by atoms with Crippen molar-refractivity contribution in [2.75, 3.05) is 0 Å². The molecule has 7 heteroatoms. The summed E-state index contributed by atoms with van der Waals surface area (Å²) < 4.78 is 26.9. The molecule has 1 aromatic carbocycles. The number of amidine groups is 1. The number of carbonyl (C=O) groups excluding carboxylic acids is 1. The highest BCUT2D eigenvalue weighted by Crippen LogP contribution is 2.14. The van der Waals surface area contributed by atoms with E-state index in [1.165, 1.54) is 0 Å². The zero-order chi connectivity index (χ0) is 13.3. The first-order valence-corrected chi connectivity index (χ1v) is 6.86. The van der Waals surface area contributed by atoms with Crippen molar-refractivity contribution in [1.82, 2.24) is 9.03 Å². The van der Waals surface area contributed by atoms with Crippen molar-refractivity contribution in [2.45, 2.75) is 19.9 Å². The van der Waals surface area contributed by atoms with Crippen LogP contribution in [0.25, 0.3) is 0 Å². The van der Waals surface area contributed by atoms with Gasteiger partial charge in [0.1, 0.15) is 0 Å². The predicted molar refractivity (Wildman–Crippen MR) is 67.4 cm³/mol. The van der Waals surface area contributed by atoms with Crippen LogP contribution in [0.1, 0.15) is 19.4 Å². The monoisotopic (exact) mass is 267 g/mol. The first-order valence-electron chi connectivity index (χ1n) is 5.42. The summed E-state index contributed by atoms with van der Waals surface area (Å²) in [7, 11) is -3.87. The number of nitrogens with one attached hydrogen (secondary N) is 1. The molecule has 0 radical (unpaired) electrons. The number of benzene rings is 1. The highest BCUT2D eigenvalue weighted by Gasteiger charge is 2.35. The summed E-state index contributed by atoms with van der Waals surface area (Å²) in [6, 6.07) is 7.39. The second-order valence-corrected chi connectivity index (χ2v) is 5.65. The summed E-state index contributed by atoms with van der Waals surface area (Å²) in [6.07, 6.45) is 0. The molecule has 6 nitrogen and oxygen atoms in total. The largest absolute Gasteiger partial charge is 0.360 e. The number of nitrogens with zero attached hydrogens (tertiary/aromatic N) is 2. The highest BCUT2D eigenvalue weighted by atomic mass is 32.2. The van der Waals surface area contributed by atoms with Crippen molar-refractivity contribution < 1.29 is 13.2 Å². The van der Waals surface area contributed by atoms with Crippen molar-refractivity contribution in [2.24, 2.45) is 4.99 Å². The number of hydrogen-bond donors (Lipinski definition) is 1. The van der Waals surface area contributed by atoms with Gasteiger partial charge in [0.25, 0.3) is 0 Å². The third kappa shape index (κ3) is 2.21. The number of urea groups is 1. The molecule has 18 heavy (non-hydrogen) atoms. The van der Waals surface area contributed by atoms with Crippen LogP contribution in [0.5, 0.6) is 0 Å². The van der Waals surface area contributed by atoms with E-state index in [1.807, 2.05) is 0 Å². The quantitative estimate of drug-likeness (QED) is 0.871. The Balaban J connectivity index is 2.45. The lowest BCUT2D eigenvalue weighted by Crippen LogP contribution is -2.53. The van der Waals surface area contributed by atoms with E-state index < -0.39 is 22.3 Å². The van der Waals surface area contributed by atoms with Crippen LogP contribution in [-0.2, 0) is 10.2 Å². The molecule has 1 aromatic rings. The minimum absolute atomic E-state index is 0.0532. The molecule has 96 valence electrons. The standard InChI is InChI=1S/C11H13N3O3S/c1-8(2)14-11(15)12-10(13-18(14,16)17)9-6-4-3-5-7-9/h3-8H,1-2H3,(H,12,13,15). The molecule has 1 aliphatic heterocycles. The summed E-state index contributed by atoms with van der Waals surface area (Å²) in [5.74, 6) is 0.0532. The van der Waals surface area contributed by atoms with Crippen molar-refractivity contribution in [3.63, 3.8) is 0 Å². The van der Waals surface area contributed by atoms with Gasteiger partial charge in [-0.2, -0.15) is 17.7 Å². The average molecular weight is 267 g/mol. The van der Waals surface area contributed by atoms with Gasteiger partial charge in [0.15, 0.2) is 5.84 Å². The topological polar surface area (TPSA) is 78.8 Å². The molecule has 1 aliphatic rings. The number of hydrogen-bond acceptors (Lipinski definition) is 3. The molecule has 1 heterocycles. The van der Waals surface area contributed by atoms with Gasteiger partial charge >= 0.3 is 16.2 Å². The Bertz CT molecular complexity index is 593. The Hall–Kier alpha value is -1.89.